The minimum absolute atomic E-state index is 0.406. The van der Waals surface area contributed by atoms with E-state index in [0.29, 0.717) is 11.2 Å². The lowest BCUT2D eigenvalue weighted by Crippen LogP contribution is -2.25. The van der Waals surface area contributed by atoms with E-state index in [9.17, 15) is 0 Å². The van der Waals surface area contributed by atoms with Crippen molar-refractivity contribution >= 4 is 29.2 Å². The van der Waals surface area contributed by atoms with Crippen molar-refractivity contribution in [1.82, 2.24) is 0 Å². The van der Waals surface area contributed by atoms with E-state index < -0.39 is 0 Å². The summed E-state index contributed by atoms with van der Waals surface area (Å²) in [6.45, 7) is 0. The fourth-order valence-electron chi connectivity index (χ4n) is 4.30. The van der Waals surface area contributed by atoms with Crippen molar-refractivity contribution in [3.05, 3.63) is 102 Å². The molecule has 5 rings (SSSR count). The van der Waals surface area contributed by atoms with E-state index >= 15 is 0 Å². The Balaban J connectivity index is 1.64. The Labute approximate surface area is 171 Å². The number of benzene rings is 3. The Morgan fingerprint density at radius 3 is 2.36 bits per heavy atom. The van der Waals surface area contributed by atoms with Crippen LogP contribution in [0.15, 0.2) is 100 Å². The number of thioether (sulfide) groups is 1. The molecule has 3 aromatic carbocycles. The second-order valence-electron chi connectivity index (χ2n) is 7.49. The van der Waals surface area contributed by atoms with Gasteiger partial charge in [0.15, 0.2) is 0 Å². The summed E-state index contributed by atoms with van der Waals surface area (Å²) >= 11 is 1.98. The van der Waals surface area contributed by atoms with Crippen molar-refractivity contribution in [3.8, 4) is 0 Å². The molecule has 0 spiro atoms. The van der Waals surface area contributed by atoms with Gasteiger partial charge in [0.25, 0.3) is 0 Å². The van der Waals surface area contributed by atoms with E-state index in [2.05, 4.69) is 91.0 Å². The predicted molar refractivity (Wildman–Crippen MR) is 120 cm³/mol. The van der Waals surface area contributed by atoms with E-state index in [1.807, 2.05) is 11.8 Å². The van der Waals surface area contributed by atoms with Gasteiger partial charge in [0.05, 0.1) is 5.69 Å². The first-order valence-corrected chi connectivity index (χ1v) is 10.9. The quantitative estimate of drug-likeness (QED) is 0.448. The molecule has 2 heteroatoms. The second-order valence-corrected chi connectivity index (χ2v) is 8.68. The Hall–Kier alpha value is -2.58. The van der Waals surface area contributed by atoms with Gasteiger partial charge in [-0.15, -0.1) is 11.8 Å². The van der Waals surface area contributed by atoms with Crippen LogP contribution in [-0.4, -0.2) is 5.71 Å². The van der Waals surface area contributed by atoms with Crippen molar-refractivity contribution in [3.63, 3.8) is 0 Å². The van der Waals surface area contributed by atoms with Gasteiger partial charge in [0, 0.05) is 21.8 Å². The van der Waals surface area contributed by atoms with Gasteiger partial charge in [0.1, 0.15) is 0 Å². The average molecular weight is 382 g/mol. The number of hydrogen-bond donors (Lipinski definition) is 0. The maximum atomic E-state index is 5.24. The molecular weight excluding hydrogens is 358 g/mol. The summed E-state index contributed by atoms with van der Waals surface area (Å²) in [5.74, 6) is 0.448. The molecule has 1 aliphatic heterocycles. The van der Waals surface area contributed by atoms with Gasteiger partial charge < -0.3 is 0 Å². The van der Waals surface area contributed by atoms with Crippen molar-refractivity contribution < 1.29 is 0 Å². The van der Waals surface area contributed by atoms with Crippen LogP contribution in [0.3, 0.4) is 0 Å². The van der Waals surface area contributed by atoms with Crippen LogP contribution < -0.4 is 0 Å². The normalized spacial score (nSPS) is 22.7. The molecule has 2 atom stereocenters. The molecule has 0 amide bonds. The highest BCUT2D eigenvalue weighted by atomic mass is 32.2. The molecule has 28 heavy (non-hydrogen) atoms. The van der Waals surface area contributed by atoms with Gasteiger partial charge in [0.2, 0.25) is 0 Å². The van der Waals surface area contributed by atoms with Crippen molar-refractivity contribution in [2.75, 3.05) is 0 Å². The fraction of sp³-hybridized carbons (Fsp3) is 0.192. The summed E-state index contributed by atoms with van der Waals surface area (Å²) in [7, 11) is 0. The van der Waals surface area contributed by atoms with Gasteiger partial charge in [-0.05, 0) is 54.2 Å². The van der Waals surface area contributed by atoms with Crippen LogP contribution in [0.1, 0.15) is 35.6 Å². The Morgan fingerprint density at radius 1 is 0.821 bits per heavy atom. The molecule has 1 saturated carbocycles. The third-order valence-electron chi connectivity index (χ3n) is 5.64. The summed E-state index contributed by atoms with van der Waals surface area (Å²) in [6, 6.07) is 30.3. The highest BCUT2D eigenvalue weighted by Gasteiger charge is 2.35. The van der Waals surface area contributed by atoms with E-state index in [0.717, 1.165) is 12.1 Å². The maximum Gasteiger partial charge on any atom is 0.0769 e. The molecule has 0 radical (unpaired) electrons. The van der Waals surface area contributed by atoms with E-state index in [-0.39, 0.29) is 0 Å². The number of rotatable bonds is 2. The molecule has 0 saturated heterocycles. The number of hydrogen-bond acceptors (Lipinski definition) is 2. The topological polar surface area (TPSA) is 12.4 Å². The van der Waals surface area contributed by atoms with E-state index in [1.165, 1.54) is 40.1 Å². The monoisotopic (exact) mass is 381 g/mol. The fourth-order valence-corrected chi connectivity index (χ4v) is 5.69. The molecule has 0 N–H and O–H groups in total. The van der Waals surface area contributed by atoms with Crippen LogP contribution in [0.25, 0.3) is 6.08 Å². The lowest BCUT2D eigenvalue weighted by atomic mass is 9.79. The highest BCUT2D eigenvalue weighted by molar-refractivity contribution is 7.99. The zero-order valence-corrected chi connectivity index (χ0v) is 16.6. The van der Waals surface area contributed by atoms with E-state index in [4.69, 9.17) is 4.99 Å². The van der Waals surface area contributed by atoms with Gasteiger partial charge in [-0.1, -0.05) is 72.8 Å². The predicted octanol–water partition coefficient (Wildman–Crippen LogP) is 7.49. The third-order valence-corrected chi connectivity index (χ3v) is 7.09. The second kappa shape index (κ2) is 7.81. The Bertz CT molecular complexity index is 1020. The molecule has 1 fully saturated rings. The van der Waals surface area contributed by atoms with Crippen LogP contribution in [0.4, 0.5) is 5.69 Å². The Morgan fingerprint density at radius 2 is 1.54 bits per heavy atom. The van der Waals surface area contributed by atoms with Crippen molar-refractivity contribution in [2.45, 2.75) is 29.4 Å². The first kappa shape index (κ1) is 17.5. The standard InChI is InChI=1S/C26H23NS/c1-3-10-19(11-4-1)18-21-14-9-15-22-25(21)27-23-16-7-8-17-24(23)28-26(22)20-12-5-2-6-13-20/h1-8,10-13,16-18,22,26H,9,14-15H2/b21-18+/t22-,26-/m1/s1. The molecule has 1 aliphatic carbocycles. The lowest BCUT2D eigenvalue weighted by Gasteiger charge is -2.31. The molecular formula is C26H23NS. The summed E-state index contributed by atoms with van der Waals surface area (Å²) in [5.41, 5.74) is 6.49. The smallest absolute Gasteiger partial charge is 0.0769 e. The number of aliphatic imine (C=N–C) groups is 1. The van der Waals surface area contributed by atoms with Crippen molar-refractivity contribution in [2.24, 2.45) is 10.9 Å². The number of allylic oxidation sites excluding steroid dienone is 1. The molecule has 1 heterocycles. The highest BCUT2D eigenvalue weighted by Crippen LogP contribution is 2.51. The van der Waals surface area contributed by atoms with Crippen LogP contribution in [-0.2, 0) is 0 Å². The summed E-state index contributed by atoms with van der Waals surface area (Å²) in [5, 5.41) is 0.406. The van der Waals surface area contributed by atoms with Crippen LogP contribution >= 0.6 is 11.8 Å². The molecule has 0 unspecified atom stereocenters. The molecule has 3 aromatic rings. The summed E-state index contributed by atoms with van der Waals surface area (Å²) < 4.78 is 0. The van der Waals surface area contributed by atoms with Gasteiger partial charge in [-0.3, -0.25) is 4.99 Å². The lowest BCUT2D eigenvalue weighted by molar-refractivity contribution is 0.555. The molecule has 138 valence electrons. The van der Waals surface area contributed by atoms with Crippen LogP contribution in [0.2, 0.25) is 0 Å². The number of nitrogens with zero attached hydrogens (tertiary/aromatic N) is 1. The average Bonchev–Trinajstić information content (AvgIpc) is 2.93. The third kappa shape index (κ3) is 3.45. The van der Waals surface area contributed by atoms with Gasteiger partial charge in [-0.25, -0.2) is 0 Å². The maximum absolute atomic E-state index is 5.24. The SMILES string of the molecule is C(=C1/CCC[C@@H]2C1=Nc1ccccc1S[C@@H]2c1ccccc1)/c1ccccc1. The summed E-state index contributed by atoms with van der Waals surface area (Å²) in [6.07, 6.45) is 5.89. The van der Waals surface area contributed by atoms with Gasteiger partial charge in [-0.2, -0.15) is 0 Å². The first-order valence-electron chi connectivity index (χ1n) is 10.0. The Kier molecular flexibility index (Phi) is 4.88. The minimum atomic E-state index is 0.406. The zero-order valence-electron chi connectivity index (χ0n) is 15.8. The molecule has 0 bridgehead atoms. The van der Waals surface area contributed by atoms with Crippen LogP contribution in [0, 0.1) is 5.92 Å². The number of para-hydroxylation sites is 1. The van der Waals surface area contributed by atoms with Gasteiger partial charge >= 0.3 is 0 Å². The number of fused-ring (bicyclic) bond motifs is 2. The molecule has 1 nitrogen and oxygen atoms in total. The molecule has 2 aliphatic rings. The van der Waals surface area contributed by atoms with Crippen LogP contribution in [0.5, 0.6) is 0 Å². The minimum Gasteiger partial charge on any atom is -0.252 e. The summed E-state index contributed by atoms with van der Waals surface area (Å²) in [4.78, 5) is 6.53. The first-order chi connectivity index (χ1) is 13.9. The largest absolute Gasteiger partial charge is 0.252 e. The van der Waals surface area contributed by atoms with Crippen molar-refractivity contribution in [1.29, 1.82) is 0 Å². The van der Waals surface area contributed by atoms with E-state index in [1.54, 1.807) is 0 Å². The zero-order chi connectivity index (χ0) is 18.8. The molecule has 0 aromatic heterocycles.